The Morgan fingerprint density at radius 1 is 1.19 bits per heavy atom. The Kier molecular flexibility index (Phi) is 6.58. The van der Waals surface area contributed by atoms with E-state index in [4.69, 9.17) is 0 Å². The SMILES string of the molecule is CN(CCCNCc1ccc(F)cc1F)C1CCCCC1. The maximum atomic E-state index is 13.4. The summed E-state index contributed by atoms with van der Waals surface area (Å²) < 4.78 is 26.2. The molecular weight excluding hydrogens is 270 g/mol. The van der Waals surface area contributed by atoms with Crippen LogP contribution in [0.5, 0.6) is 0 Å². The molecule has 2 rings (SSSR count). The van der Waals surface area contributed by atoms with Gasteiger partial charge < -0.3 is 10.2 Å². The minimum absolute atomic E-state index is 0.458. The molecule has 1 saturated carbocycles. The molecule has 0 amide bonds. The highest BCUT2D eigenvalue weighted by Gasteiger charge is 2.17. The molecule has 0 spiro atoms. The molecule has 1 aliphatic carbocycles. The lowest BCUT2D eigenvalue weighted by Crippen LogP contribution is -2.35. The smallest absolute Gasteiger partial charge is 0.130 e. The third-order valence-corrected chi connectivity index (χ3v) is 4.39. The van der Waals surface area contributed by atoms with Gasteiger partial charge in [0.05, 0.1) is 0 Å². The molecule has 0 bridgehead atoms. The first kappa shape index (κ1) is 16.4. The van der Waals surface area contributed by atoms with E-state index >= 15 is 0 Å². The van der Waals surface area contributed by atoms with Crippen LogP contribution in [0, 0.1) is 11.6 Å². The van der Waals surface area contributed by atoms with E-state index in [1.165, 1.54) is 44.2 Å². The summed E-state index contributed by atoms with van der Waals surface area (Å²) >= 11 is 0. The Labute approximate surface area is 126 Å². The van der Waals surface area contributed by atoms with E-state index in [2.05, 4.69) is 17.3 Å². The van der Waals surface area contributed by atoms with Crippen LogP contribution in [0.2, 0.25) is 0 Å². The van der Waals surface area contributed by atoms with Crippen LogP contribution in [0.15, 0.2) is 18.2 Å². The first-order chi connectivity index (χ1) is 10.2. The van der Waals surface area contributed by atoms with Crippen molar-refractivity contribution >= 4 is 0 Å². The Hall–Kier alpha value is -1.00. The fraction of sp³-hybridized carbons (Fsp3) is 0.647. The van der Waals surface area contributed by atoms with Crippen LogP contribution in [0.4, 0.5) is 8.78 Å². The Morgan fingerprint density at radius 2 is 1.95 bits per heavy atom. The van der Waals surface area contributed by atoms with Crippen LogP contribution in [0.3, 0.4) is 0 Å². The molecule has 1 aliphatic rings. The molecule has 1 aromatic rings. The van der Waals surface area contributed by atoms with Crippen molar-refractivity contribution in [3.8, 4) is 0 Å². The lowest BCUT2D eigenvalue weighted by atomic mass is 9.94. The second kappa shape index (κ2) is 8.44. The molecule has 0 heterocycles. The van der Waals surface area contributed by atoms with Crippen molar-refractivity contribution in [2.24, 2.45) is 0 Å². The molecule has 2 nitrogen and oxygen atoms in total. The van der Waals surface area contributed by atoms with Gasteiger partial charge in [-0.1, -0.05) is 25.3 Å². The van der Waals surface area contributed by atoms with E-state index in [1.54, 1.807) is 0 Å². The van der Waals surface area contributed by atoms with Crippen molar-refractivity contribution in [3.05, 3.63) is 35.4 Å². The van der Waals surface area contributed by atoms with Crippen molar-refractivity contribution < 1.29 is 8.78 Å². The molecule has 1 N–H and O–H groups in total. The second-order valence-electron chi connectivity index (χ2n) is 6.04. The number of hydrogen-bond donors (Lipinski definition) is 1. The van der Waals surface area contributed by atoms with Crippen LogP contribution in [-0.4, -0.2) is 31.1 Å². The zero-order valence-electron chi connectivity index (χ0n) is 12.9. The standard InChI is InChI=1S/C17H26F2N2/c1-21(16-6-3-2-4-7-16)11-5-10-20-13-14-8-9-15(18)12-17(14)19/h8-9,12,16,20H,2-7,10-11,13H2,1H3. The van der Waals surface area contributed by atoms with Crippen molar-refractivity contribution in [2.45, 2.75) is 51.1 Å². The van der Waals surface area contributed by atoms with Gasteiger partial charge in [-0.15, -0.1) is 0 Å². The van der Waals surface area contributed by atoms with E-state index in [0.29, 0.717) is 12.1 Å². The van der Waals surface area contributed by atoms with Crippen LogP contribution < -0.4 is 5.32 Å². The third kappa shape index (κ3) is 5.36. The highest BCUT2D eigenvalue weighted by Crippen LogP contribution is 2.21. The minimum Gasteiger partial charge on any atom is -0.313 e. The van der Waals surface area contributed by atoms with E-state index in [9.17, 15) is 8.78 Å². The van der Waals surface area contributed by atoms with Gasteiger partial charge in [0, 0.05) is 24.2 Å². The minimum atomic E-state index is -0.523. The number of nitrogens with one attached hydrogen (secondary N) is 1. The maximum Gasteiger partial charge on any atom is 0.130 e. The summed E-state index contributed by atoms with van der Waals surface area (Å²) in [7, 11) is 2.20. The second-order valence-corrected chi connectivity index (χ2v) is 6.04. The predicted octanol–water partition coefficient (Wildman–Crippen LogP) is 3.71. The summed E-state index contributed by atoms with van der Waals surface area (Å²) in [6.07, 6.45) is 7.80. The molecule has 0 unspecified atom stereocenters. The van der Waals surface area contributed by atoms with Crippen molar-refractivity contribution in [3.63, 3.8) is 0 Å². The Balaban J connectivity index is 1.61. The third-order valence-electron chi connectivity index (χ3n) is 4.39. The van der Waals surface area contributed by atoms with Crippen molar-refractivity contribution in [1.29, 1.82) is 0 Å². The molecule has 0 aromatic heterocycles. The monoisotopic (exact) mass is 296 g/mol. The first-order valence-corrected chi connectivity index (χ1v) is 8.01. The molecule has 0 aliphatic heterocycles. The average Bonchev–Trinajstić information content (AvgIpc) is 2.49. The molecule has 0 radical (unpaired) electrons. The lowest BCUT2D eigenvalue weighted by molar-refractivity contribution is 0.189. The van der Waals surface area contributed by atoms with Gasteiger partial charge in [-0.25, -0.2) is 8.78 Å². The van der Waals surface area contributed by atoms with Crippen molar-refractivity contribution in [1.82, 2.24) is 10.2 Å². The van der Waals surface area contributed by atoms with E-state index < -0.39 is 11.6 Å². The normalized spacial score (nSPS) is 16.6. The Bertz CT molecular complexity index is 431. The van der Waals surface area contributed by atoms with Crippen LogP contribution in [0.25, 0.3) is 0 Å². The number of rotatable bonds is 7. The summed E-state index contributed by atoms with van der Waals surface area (Å²) in [4.78, 5) is 2.46. The van der Waals surface area contributed by atoms with Crippen LogP contribution >= 0.6 is 0 Å². The van der Waals surface area contributed by atoms with Gasteiger partial charge in [0.1, 0.15) is 11.6 Å². The van der Waals surface area contributed by atoms with Gasteiger partial charge in [0.25, 0.3) is 0 Å². The van der Waals surface area contributed by atoms with Gasteiger partial charge in [0.15, 0.2) is 0 Å². The molecule has 21 heavy (non-hydrogen) atoms. The summed E-state index contributed by atoms with van der Waals surface area (Å²) in [6, 6.07) is 4.49. The molecule has 1 fully saturated rings. The number of hydrogen-bond acceptors (Lipinski definition) is 2. The van der Waals surface area contributed by atoms with Crippen LogP contribution in [-0.2, 0) is 6.54 Å². The van der Waals surface area contributed by atoms with Gasteiger partial charge in [-0.2, -0.15) is 0 Å². The summed E-state index contributed by atoms with van der Waals surface area (Å²) in [6.45, 7) is 2.39. The Morgan fingerprint density at radius 3 is 2.67 bits per heavy atom. The molecular formula is C17H26F2N2. The van der Waals surface area contributed by atoms with E-state index in [1.807, 2.05) is 0 Å². The zero-order valence-corrected chi connectivity index (χ0v) is 12.9. The van der Waals surface area contributed by atoms with E-state index in [0.717, 1.165) is 31.6 Å². The van der Waals surface area contributed by atoms with Gasteiger partial charge in [-0.05, 0) is 45.5 Å². The summed E-state index contributed by atoms with van der Waals surface area (Å²) in [5, 5.41) is 3.23. The summed E-state index contributed by atoms with van der Waals surface area (Å²) in [5.74, 6) is -0.993. The van der Waals surface area contributed by atoms with Gasteiger partial charge >= 0.3 is 0 Å². The number of nitrogens with zero attached hydrogens (tertiary/aromatic N) is 1. The largest absolute Gasteiger partial charge is 0.313 e. The fourth-order valence-corrected chi connectivity index (χ4v) is 3.05. The predicted molar refractivity (Wildman–Crippen MR) is 82.2 cm³/mol. The first-order valence-electron chi connectivity index (χ1n) is 8.01. The molecule has 0 saturated heterocycles. The van der Waals surface area contributed by atoms with Crippen molar-refractivity contribution in [2.75, 3.05) is 20.1 Å². The van der Waals surface area contributed by atoms with Crippen LogP contribution in [0.1, 0.15) is 44.1 Å². The zero-order chi connectivity index (χ0) is 15.1. The highest BCUT2D eigenvalue weighted by molar-refractivity contribution is 5.18. The molecule has 1 aromatic carbocycles. The average molecular weight is 296 g/mol. The topological polar surface area (TPSA) is 15.3 Å². The lowest BCUT2D eigenvalue weighted by Gasteiger charge is -2.31. The number of benzene rings is 1. The maximum absolute atomic E-state index is 13.4. The quantitative estimate of drug-likeness (QED) is 0.772. The fourth-order valence-electron chi connectivity index (χ4n) is 3.05. The highest BCUT2D eigenvalue weighted by atomic mass is 19.1. The van der Waals surface area contributed by atoms with E-state index in [-0.39, 0.29) is 0 Å². The van der Waals surface area contributed by atoms with Gasteiger partial charge in [0.2, 0.25) is 0 Å². The molecule has 0 atom stereocenters. The summed E-state index contributed by atoms with van der Waals surface area (Å²) in [5.41, 5.74) is 0.525. The van der Waals surface area contributed by atoms with Gasteiger partial charge in [-0.3, -0.25) is 0 Å². The number of halogens is 2. The molecule has 118 valence electrons. The molecule has 4 heteroatoms.